The van der Waals surface area contributed by atoms with Gasteiger partial charge in [0.2, 0.25) is 0 Å². The molecule has 0 unspecified atom stereocenters. The summed E-state index contributed by atoms with van der Waals surface area (Å²) in [5.74, 6) is -1.02. The van der Waals surface area contributed by atoms with Gasteiger partial charge in [-0.1, -0.05) is 18.2 Å². The van der Waals surface area contributed by atoms with Crippen LogP contribution in [0.3, 0.4) is 0 Å². The van der Waals surface area contributed by atoms with Crippen LogP contribution < -0.4 is 10.9 Å². The van der Waals surface area contributed by atoms with Crippen molar-refractivity contribution in [2.45, 2.75) is 13.5 Å². The Morgan fingerprint density at radius 1 is 1.13 bits per heavy atom. The molecule has 1 N–H and O–H groups in total. The smallest absolute Gasteiger partial charge is 0.340 e. The fraction of sp³-hybridized carbons (Fsp3) is 0.0909. The maximum atomic E-state index is 12.6. The highest BCUT2D eigenvalue weighted by Gasteiger charge is 2.17. The number of nitrogens with one attached hydrogen (secondary N) is 1. The molecule has 1 amide bonds. The lowest BCUT2D eigenvalue weighted by Crippen LogP contribution is -2.18. The van der Waals surface area contributed by atoms with Gasteiger partial charge in [-0.3, -0.25) is 14.0 Å². The first-order chi connectivity index (χ1) is 14.5. The van der Waals surface area contributed by atoms with Crippen molar-refractivity contribution < 1.29 is 18.7 Å². The van der Waals surface area contributed by atoms with Crippen LogP contribution in [0.1, 0.15) is 32.2 Å². The lowest BCUT2D eigenvalue weighted by molar-refractivity contribution is 0.0469. The van der Waals surface area contributed by atoms with Gasteiger partial charge in [-0.2, -0.15) is 0 Å². The Bertz CT molecular complexity index is 1290. The minimum Gasteiger partial charge on any atom is -0.459 e. The van der Waals surface area contributed by atoms with Gasteiger partial charge in [-0.15, -0.1) is 0 Å². The lowest BCUT2D eigenvalue weighted by Gasteiger charge is -2.10. The van der Waals surface area contributed by atoms with Crippen LogP contribution in [0.2, 0.25) is 0 Å². The average molecular weight is 403 g/mol. The first-order valence-electron chi connectivity index (χ1n) is 9.11. The molecule has 0 aliphatic heterocycles. The van der Waals surface area contributed by atoms with E-state index in [1.807, 2.05) is 13.0 Å². The van der Waals surface area contributed by atoms with E-state index in [1.54, 1.807) is 36.5 Å². The summed E-state index contributed by atoms with van der Waals surface area (Å²) in [5, 5.41) is 2.63. The second-order valence-electron chi connectivity index (χ2n) is 6.57. The van der Waals surface area contributed by atoms with E-state index < -0.39 is 11.9 Å². The van der Waals surface area contributed by atoms with Gasteiger partial charge >= 0.3 is 5.97 Å². The number of nitrogens with zero attached hydrogens (tertiary/aromatic N) is 2. The molecule has 30 heavy (non-hydrogen) atoms. The van der Waals surface area contributed by atoms with Gasteiger partial charge in [0.25, 0.3) is 11.5 Å². The van der Waals surface area contributed by atoms with Crippen LogP contribution >= 0.6 is 0 Å². The summed E-state index contributed by atoms with van der Waals surface area (Å²) in [6.45, 7) is 1.70. The van der Waals surface area contributed by atoms with Crippen LogP contribution in [0.25, 0.3) is 5.65 Å². The van der Waals surface area contributed by atoms with Crippen molar-refractivity contribution in [3.63, 3.8) is 0 Å². The van der Waals surface area contributed by atoms with Crippen molar-refractivity contribution in [3.05, 3.63) is 100.0 Å². The Morgan fingerprint density at radius 3 is 2.77 bits per heavy atom. The number of amides is 1. The maximum absolute atomic E-state index is 12.6. The van der Waals surface area contributed by atoms with E-state index in [9.17, 15) is 14.4 Å². The van der Waals surface area contributed by atoms with E-state index in [1.165, 1.54) is 28.9 Å². The van der Waals surface area contributed by atoms with Crippen LogP contribution in [0.5, 0.6) is 0 Å². The van der Waals surface area contributed by atoms with Gasteiger partial charge in [0.05, 0.1) is 23.2 Å². The monoisotopic (exact) mass is 403 g/mol. The number of hydrogen-bond acceptors (Lipinski definition) is 6. The van der Waals surface area contributed by atoms with Crippen LogP contribution in [-0.4, -0.2) is 21.3 Å². The molecule has 0 saturated carbocycles. The predicted octanol–water partition coefficient (Wildman–Crippen LogP) is 3.21. The Hall–Kier alpha value is -4.20. The molecule has 8 nitrogen and oxygen atoms in total. The second-order valence-corrected chi connectivity index (χ2v) is 6.57. The summed E-state index contributed by atoms with van der Waals surface area (Å²) < 4.78 is 11.8. The molecular weight excluding hydrogens is 386 g/mol. The lowest BCUT2D eigenvalue weighted by atomic mass is 10.1. The topological polar surface area (TPSA) is 103 Å². The Labute approximate surface area is 170 Å². The summed E-state index contributed by atoms with van der Waals surface area (Å²) in [5.41, 5.74) is 1.91. The third kappa shape index (κ3) is 3.97. The molecule has 150 valence electrons. The molecule has 0 bridgehead atoms. The van der Waals surface area contributed by atoms with Gasteiger partial charge in [0.1, 0.15) is 12.3 Å². The molecule has 0 saturated heterocycles. The number of para-hydroxylation sites is 1. The molecule has 0 atom stereocenters. The molecule has 1 aromatic carbocycles. The van der Waals surface area contributed by atoms with Crippen LogP contribution in [0.15, 0.2) is 76.3 Å². The highest BCUT2D eigenvalue weighted by molar-refractivity contribution is 6.06. The first-order valence-corrected chi connectivity index (χ1v) is 9.11. The fourth-order valence-corrected chi connectivity index (χ4v) is 2.91. The van der Waals surface area contributed by atoms with E-state index in [2.05, 4.69) is 10.3 Å². The predicted molar refractivity (Wildman–Crippen MR) is 108 cm³/mol. The molecule has 3 heterocycles. The SMILES string of the molecule is Cc1ccc2nc(COC(=O)c3ccccc3NC(=O)c3ccco3)cc(=O)n2c1. The average Bonchev–Trinajstić information content (AvgIpc) is 3.28. The summed E-state index contributed by atoms with van der Waals surface area (Å²) in [4.78, 5) is 41.4. The van der Waals surface area contributed by atoms with Crippen LogP contribution in [0.4, 0.5) is 5.69 Å². The van der Waals surface area contributed by atoms with Gasteiger partial charge < -0.3 is 14.5 Å². The van der Waals surface area contributed by atoms with E-state index in [0.717, 1.165) is 5.56 Å². The second kappa shape index (κ2) is 8.04. The standard InChI is InChI=1S/C22H17N3O5/c1-14-8-9-19-23-15(11-20(26)25(19)12-14)13-30-22(28)16-5-2-3-6-17(16)24-21(27)18-7-4-10-29-18/h2-12H,13H2,1H3,(H,24,27). The highest BCUT2D eigenvalue weighted by Crippen LogP contribution is 2.18. The Morgan fingerprint density at radius 2 is 1.97 bits per heavy atom. The van der Waals surface area contributed by atoms with Gasteiger partial charge in [-0.25, -0.2) is 9.78 Å². The molecule has 0 spiro atoms. The summed E-state index contributed by atoms with van der Waals surface area (Å²) >= 11 is 0. The van der Waals surface area contributed by atoms with Crippen LogP contribution in [-0.2, 0) is 11.3 Å². The third-order valence-corrected chi connectivity index (χ3v) is 4.35. The highest BCUT2D eigenvalue weighted by atomic mass is 16.5. The van der Waals surface area contributed by atoms with Crippen molar-refractivity contribution in [1.82, 2.24) is 9.38 Å². The number of benzene rings is 1. The summed E-state index contributed by atoms with van der Waals surface area (Å²) in [7, 11) is 0. The van der Waals surface area contributed by atoms with Crippen molar-refractivity contribution in [2.75, 3.05) is 5.32 Å². The molecule has 0 aliphatic rings. The molecular formula is C22H17N3O5. The van der Waals surface area contributed by atoms with Crippen molar-refractivity contribution in [2.24, 2.45) is 0 Å². The molecule has 0 aliphatic carbocycles. The molecule has 3 aromatic heterocycles. The van der Waals surface area contributed by atoms with E-state index in [0.29, 0.717) is 11.3 Å². The first kappa shape index (κ1) is 19.1. The number of rotatable bonds is 5. The number of ether oxygens (including phenoxy) is 1. The zero-order valence-electron chi connectivity index (χ0n) is 16.0. The van der Waals surface area contributed by atoms with E-state index >= 15 is 0 Å². The number of anilines is 1. The molecule has 4 aromatic rings. The summed E-state index contributed by atoms with van der Waals surface area (Å²) in [6.07, 6.45) is 3.08. The minimum absolute atomic E-state index is 0.120. The zero-order valence-corrected chi connectivity index (χ0v) is 16.0. The van der Waals surface area contributed by atoms with Crippen LogP contribution in [0, 0.1) is 6.92 Å². The number of hydrogen-bond donors (Lipinski definition) is 1. The van der Waals surface area contributed by atoms with Crippen molar-refractivity contribution >= 4 is 23.2 Å². The summed E-state index contributed by atoms with van der Waals surface area (Å²) in [6, 6.07) is 14.5. The number of fused-ring (bicyclic) bond motifs is 1. The number of pyridine rings is 1. The largest absolute Gasteiger partial charge is 0.459 e. The molecule has 4 rings (SSSR count). The fourth-order valence-electron chi connectivity index (χ4n) is 2.91. The number of carbonyl (C=O) groups is 2. The molecule has 0 fully saturated rings. The zero-order chi connectivity index (χ0) is 21.1. The number of aromatic nitrogens is 2. The maximum Gasteiger partial charge on any atom is 0.340 e. The van der Waals surface area contributed by atoms with Crippen molar-refractivity contribution in [3.8, 4) is 0 Å². The van der Waals surface area contributed by atoms with Gasteiger partial charge in [-0.05, 0) is 42.8 Å². The Kier molecular flexibility index (Phi) is 5.13. The van der Waals surface area contributed by atoms with Gasteiger partial charge in [0, 0.05) is 12.3 Å². The third-order valence-electron chi connectivity index (χ3n) is 4.35. The molecule has 8 heteroatoms. The Balaban J connectivity index is 1.51. The number of furan rings is 1. The quantitative estimate of drug-likeness (QED) is 0.513. The van der Waals surface area contributed by atoms with E-state index in [4.69, 9.17) is 9.15 Å². The van der Waals surface area contributed by atoms with E-state index in [-0.39, 0.29) is 29.2 Å². The number of aryl methyl sites for hydroxylation is 1. The molecule has 0 radical (unpaired) electrons. The minimum atomic E-state index is -0.656. The normalized spacial score (nSPS) is 10.7. The van der Waals surface area contributed by atoms with Crippen molar-refractivity contribution in [1.29, 1.82) is 0 Å². The number of carbonyl (C=O) groups excluding carboxylic acids is 2. The number of esters is 1. The van der Waals surface area contributed by atoms with Gasteiger partial charge in [0.15, 0.2) is 5.76 Å².